The molecule has 2 aromatic heterocycles. The van der Waals surface area contributed by atoms with E-state index in [1.807, 2.05) is 17.7 Å². The molecule has 0 amide bonds. The molecule has 90 valence electrons. The molecule has 0 atom stereocenters. The lowest BCUT2D eigenvalue weighted by Gasteiger charge is -2.18. The summed E-state index contributed by atoms with van der Waals surface area (Å²) in [5.41, 5.74) is 0.949. The highest BCUT2D eigenvalue weighted by Gasteiger charge is 2.29. The van der Waals surface area contributed by atoms with Crippen LogP contribution in [0.3, 0.4) is 0 Å². The molecule has 5 nitrogen and oxygen atoms in total. The Hall–Kier alpha value is -1.91. The summed E-state index contributed by atoms with van der Waals surface area (Å²) >= 11 is 0. The van der Waals surface area contributed by atoms with Crippen molar-refractivity contribution in [2.24, 2.45) is 12.5 Å². The average Bonchev–Trinajstić information content (AvgIpc) is 2.56. The normalized spacial score (nSPS) is 11.9. The van der Waals surface area contributed by atoms with E-state index in [0.29, 0.717) is 6.42 Å². The molecule has 0 saturated carbocycles. The molecule has 0 aliphatic heterocycles. The van der Waals surface area contributed by atoms with Gasteiger partial charge in [0.2, 0.25) is 0 Å². The molecule has 1 N–H and O–H groups in total. The number of fused-ring (bicyclic) bond motifs is 1. The van der Waals surface area contributed by atoms with E-state index in [-0.39, 0.29) is 0 Å². The number of carboxylic acid groups (broad SMARTS) is 1. The number of aliphatic carboxylic acids is 1. The summed E-state index contributed by atoms with van der Waals surface area (Å²) in [7, 11) is 1.89. The molecule has 0 saturated heterocycles. The number of aryl methyl sites for hydroxylation is 1. The first-order valence-corrected chi connectivity index (χ1v) is 5.40. The molecule has 0 aromatic carbocycles. The van der Waals surface area contributed by atoms with E-state index in [1.165, 1.54) is 0 Å². The maximum Gasteiger partial charge on any atom is 0.309 e. The standard InChI is InChI=1S/C12H15N3O2/c1-12(2,11(16)17)6-10-14-8-7-13-5-4-9(8)15(10)3/h4-5,7H,6H2,1-3H3,(H,16,17). The predicted molar refractivity (Wildman–Crippen MR) is 63.6 cm³/mol. The molecule has 5 heteroatoms. The van der Waals surface area contributed by atoms with Gasteiger partial charge in [-0.3, -0.25) is 9.78 Å². The van der Waals surface area contributed by atoms with Crippen LogP contribution in [0, 0.1) is 5.41 Å². The van der Waals surface area contributed by atoms with Crippen LogP contribution in [0.15, 0.2) is 18.5 Å². The summed E-state index contributed by atoms with van der Waals surface area (Å²) in [5, 5.41) is 9.12. The largest absolute Gasteiger partial charge is 0.481 e. The Morgan fingerprint density at radius 3 is 2.82 bits per heavy atom. The molecular weight excluding hydrogens is 218 g/mol. The maximum absolute atomic E-state index is 11.1. The van der Waals surface area contributed by atoms with Crippen LogP contribution in [-0.4, -0.2) is 25.6 Å². The van der Waals surface area contributed by atoms with Gasteiger partial charge in [-0.1, -0.05) is 0 Å². The number of hydrogen-bond donors (Lipinski definition) is 1. The summed E-state index contributed by atoms with van der Waals surface area (Å²) in [6.45, 7) is 3.40. The number of nitrogens with zero attached hydrogens (tertiary/aromatic N) is 3. The third kappa shape index (κ3) is 2.00. The zero-order valence-electron chi connectivity index (χ0n) is 10.1. The van der Waals surface area contributed by atoms with E-state index in [4.69, 9.17) is 5.11 Å². The fourth-order valence-electron chi connectivity index (χ4n) is 1.73. The highest BCUT2D eigenvalue weighted by atomic mass is 16.4. The fraction of sp³-hybridized carbons (Fsp3) is 0.417. The molecular formula is C12H15N3O2. The van der Waals surface area contributed by atoms with Gasteiger partial charge in [0.1, 0.15) is 11.3 Å². The number of hydrogen-bond acceptors (Lipinski definition) is 3. The lowest BCUT2D eigenvalue weighted by atomic mass is 9.89. The predicted octanol–water partition coefficient (Wildman–Crippen LogP) is 1.62. The quantitative estimate of drug-likeness (QED) is 0.874. The Balaban J connectivity index is 2.43. The molecule has 2 rings (SSSR count). The van der Waals surface area contributed by atoms with Crippen LogP contribution in [0.25, 0.3) is 11.0 Å². The zero-order chi connectivity index (χ0) is 12.6. The van der Waals surface area contributed by atoms with Crippen molar-refractivity contribution in [1.29, 1.82) is 0 Å². The Morgan fingerprint density at radius 1 is 1.53 bits per heavy atom. The van der Waals surface area contributed by atoms with Crippen molar-refractivity contribution >= 4 is 17.0 Å². The van der Waals surface area contributed by atoms with Gasteiger partial charge in [-0.05, 0) is 19.9 Å². The highest BCUT2D eigenvalue weighted by molar-refractivity contribution is 5.76. The van der Waals surface area contributed by atoms with E-state index >= 15 is 0 Å². The minimum absolute atomic E-state index is 0.396. The second-order valence-corrected chi connectivity index (χ2v) is 4.82. The lowest BCUT2D eigenvalue weighted by molar-refractivity contribution is -0.146. The van der Waals surface area contributed by atoms with Gasteiger partial charge in [0, 0.05) is 19.7 Å². The van der Waals surface area contributed by atoms with Gasteiger partial charge in [0.05, 0.1) is 17.1 Å². The minimum atomic E-state index is -0.817. The number of imidazole rings is 1. The van der Waals surface area contributed by atoms with E-state index in [1.54, 1.807) is 26.2 Å². The summed E-state index contributed by atoms with van der Waals surface area (Å²) in [6, 6.07) is 1.87. The molecule has 17 heavy (non-hydrogen) atoms. The Labute approximate surface area is 99.1 Å². The Morgan fingerprint density at radius 2 is 2.24 bits per heavy atom. The van der Waals surface area contributed by atoms with Crippen molar-refractivity contribution < 1.29 is 9.90 Å². The van der Waals surface area contributed by atoms with Gasteiger partial charge in [-0.25, -0.2) is 4.98 Å². The van der Waals surface area contributed by atoms with Gasteiger partial charge in [0.15, 0.2) is 0 Å². The summed E-state index contributed by atoms with van der Waals surface area (Å²) < 4.78 is 1.92. The second kappa shape index (κ2) is 3.84. The number of rotatable bonds is 3. The molecule has 2 aromatic rings. The molecule has 0 spiro atoms. The van der Waals surface area contributed by atoms with Crippen molar-refractivity contribution in [2.75, 3.05) is 0 Å². The van der Waals surface area contributed by atoms with Crippen molar-refractivity contribution in [3.8, 4) is 0 Å². The summed E-state index contributed by atoms with van der Waals surface area (Å²) in [6.07, 6.45) is 3.79. The van der Waals surface area contributed by atoms with Gasteiger partial charge >= 0.3 is 5.97 Å². The van der Waals surface area contributed by atoms with Crippen LogP contribution >= 0.6 is 0 Å². The SMILES string of the molecule is Cn1c(CC(C)(C)C(=O)O)nc2cnccc21. The van der Waals surface area contributed by atoms with E-state index < -0.39 is 11.4 Å². The fourth-order valence-corrected chi connectivity index (χ4v) is 1.73. The van der Waals surface area contributed by atoms with Gasteiger partial charge in [-0.15, -0.1) is 0 Å². The first-order valence-electron chi connectivity index (χ1n) is 5.40. The van der Waals surface area contributed by atoms with Crippen LogP contribution in [0.4, 0.5) is 0 Å². The monoisotopic (exact) mass is 233 g/mol. The first-order chi connectivity index (χ1) is 7.92. The average molecular weight is 233 g/mol. The minimum Gasteiger partial charge on any atom is -0.481 e. The van der Waals surface area contributed by atoms with Gasteiger partial charge in [-0.2, -0.15) is 0 Å². The summed E-state index contributed by atoms with van der Waals surface area (Å²) in [5.74, 6) is -0.0527. The topological polar surface area (TPSA) is 68.0 Å². The summed E-state index contributed by atoms with van der Waals surface area (Å²) in [4.78, 5) is 19.5. The number of aromatic nitrogens is 3. The Bertz CT molecular complexity index is 572. The molecule has 0 aliphatic carbocycles. The third-order valence-electron chi connectivity index (χ3n) is 2.95. The first kappa shape index (κ1) is 11.6. The molecule has 0 radical (unpaired) electrons. The van der Waals surface area contributed by atoms with Crippen molar-refractivity contribution in [3.63, 3.8) is 0 Å². The lowest BCUT2D eigenvalue weighted by Crippen LogP contribution is -2.27. The van der Waals surface area contributed by atoms with Crippen molar-refractivity contribution in [1.82, 2.24) is 14.5 Å². The molecule has 0 fully saturated rings. The van der Waals surface area contributed by atoms with Crippen LogP contribution < -0.4 is 0 Å². The second-order valence-electron chi connectivity index (χ2n) is 4.82. The van der Waals surface area contributed by atoms with Crippen LogP contribution in [0.2, 0.25) is 0 Å². The van der Waals surface area contributed by atoms with Crippen molar-refractivity contribution in [2.45, 2.75) is 20.3 Å². The van der Waals surface area contributed by atoms with Gasteiger partial charge in [0.25, 0.3) is 0 Å². The Kier molecular flexibility index (Phi) is 2.61. The maximum atomic E-state index is 11.1. The van der Waals surface area contributed by atoms with E-state index in [2.05, 4.69) is 9.97 Å². The van der Waals surface area contributed by atoms with E-state index in [9.17, 15) is 4.79 Å². The van der Waals surface area contributed by atoms with Gasteiger partial charge < -0.3 is 9.67 Å². The molecule has 0 bridgehead atoms. The van der Waals surface area contributed by atoms with Crippen LogP contribution in [0.1, 0.15) is 19.7 Å². The zero-order valence-corrected chi connectivity index (χ0v) is 10.1. The number of carboxylic acids is 1. The highest BCUT2D eigenvalue weighted by Crippen LogP contribution is 2.23. The smallest absolute Gasteiger partial charge is 0.309 e. The molecule has 0 unspecified atom stereocenters. The van der Waals surface area contributed by atoms with Crippen LogP contribution in [0.5, 0.6) is 0 Å². The molecule has 2 heterocycles. The number of carbonyl (C=O) groups is 1. The van der Waals surface area contributed by atoms with Crippen molar-refractivity contribution in [3.05, 3.63) is 24.3 Å². The number of pyridine rings is 1. The van der Waals surface area contributed by atoms with Crippen LogP contribution in [-0.2, 0) is 18.3 Å². The molecule has 0 aliphatic rings. The van der Waals surface area contributed by atoms with E-state index in [0.717, 1.165) is 16.9 Å². The third-order valence-corrected chi connectivity index (χ3v) is 2.95.